The molecule has 0 amide bonds. The summed E-state index contributed by atoms with van der Waals surface area (Å²) in [5.41, 5.74) is 2.09. The van der Waals surface area contributed by atoms with E-state index in [0.29, 0.717) is 12.1 Å². The van der Waals surface area contributed by atoms with Gasteiger partial charge in [-0.2, -0.15) is 0 Å². The number of ether oxygens (including phenoxy) is 1. The molecule has 1 aliphatic heterocycles. The van der Waals surface area contributed by atoms with Crippen LogP contribution in [-0.4, -0.2) is 27.2 Å². The van der Waals surface area contributed by atoms with E-state index in [0.717, 1.165) is 24.2 Å². The van der Waals surface area contributed by atoms with Gasteiger partial charge >= 0.3 is 0 Å². The Labute approximate surface area is 112 Å². The van der Waals surface area contributed by atoms with Crippen molar-refractivity contribution >= 4 is 11.2 Å². The predicted octanol–water partition coefficient (Wildman–Crippen LogP) is 2.88. The van der Waals surface area contributed by atoms with Crippen LogP contribution in [0.3, 0.4) is 0 Å². The summed E-state index contributed by atoms with van der Waals surface area (Å²) in [5.74, 6) is 1.17. The maximum absolute atomic E-state index is 5.77. The van der Waals surface area contributed by atoms with E-state index in [1.54, 1.807) is 0 Å². The first-order valence-corrected chi connectivity index (χ1v) is 7.35. The second-order valence-electron chi connectivity index (χ2n) is 5.67. The number of aromatic nitrogens is 3. The SMILES string of the molecule is c1cnc2c(c1)nc(CC1CCCO1)n2C1CCC1. The highest BCUT2D eigenvalue weighted by molar-refractivity contribution is 5.71. The van der Waals surface area contributed by atoms with Gasteiger partial charge in [0.1, 0.15) is 11.3 Å². The van der Waals surface area contributed by atoms with Crippen molar-refractivity contribution in [1.82, 2.24) is 14.5 Å². The normalized spacial score (nSPS) is 23.9. The molecule has 0 aromatic carbocycles. The van der Waals surface area contributed by atoms with Gasteiger partial charge in [-0.05, 0) is 44.2 Å². The molecule has 1 atom stereocenters. The van der Waals surface area contributed by atoms with Gasteiger partial charge in [-0.15, -0.1) is 0 Å². The summed E-state index contributed by atoms with van der Waals surface area (Å²) in [6.07, 6.45) is 9.38. The third kappa shape index (κ3) is 1.94. The maximum atomic E-state index is 5.77. The van der Waals surface area contributed by atoms with Crippen LogP contribution in [0.15, 0.2) is 18.3 Å². The Morgan fingerprint density at radius 3 is 2.95 bits per heavy atom. The van der Waals surface area contributed by atoms with Crippen LogP contribution in [0.25, 0.3) is 11.2 Å². The highest BCUT2D eigenvalue weighted by Gasteiger charge is 2.27. The molecule has 4 nitrogen and oxygen atoms in total. The topological polar surface area (TPSA) is 39.9 Å². The van der Waals surface area contributed by atoms with Gasteiger partial charge in [0.05, 0.1) is 6.10 Å². The van der Waals surface area contributed by atoms with E-state index in [9.17, 15) is 0 Å². The summed E-state index contributed by atoms with van der Waals surface area (Å²) < 4.78 is 8.14. The number of hydrogen-bond donors (Lipinski definition) is 0. The van der Waals surface area contributed by atoms with Crippen molar-refractivity contribution in [3.05, 3.63) is 24.2 Å². The molecule has 19 heavy (non-hydrogen) atoms. The van der Waals surface area contributed by atoms with E-state index in [4.69, 9.17) is 9.72 Å². The second kappa shape index (κ2) is 4.60. The Kier molecular flexibility index (Phi) is 2.76. The summed E-state index contributed by atoms with van der Waals surface area (Å²) in [7, 11) is 0. The number of fused-ring (bicyclic) bond motifs is 1. The molecule has 2 fully saturated rings. The maximum Gasteiger partial charge on any atom is 0.160 e. The van der Waals surface area contributed by atoms with Gasteiger partial charge in [-0.1, -0.05) is 0 Å². The lowest BCUT2D eigenvalue weighted by molar-refractivity contribution is 0.108. The third-order valence-electron chi connectivity index (χ3n) is 4.40. The summed E-state index contributed by atoms with van der Waals surface area (Å²) in [4.78, 5) is 9.34. The lowest BCUT2D eigenvalue weighted by Gasteiger charge is -2.29. The standard InChI is InChI=1S/C15H19N3O/c1-4-11(5-1)18-14(10-12-6-3-9-19-12)17-13-7-2-8-16-15(13)18/h2,7-8,11-12H,1,3-6,9-10H2. The molecule has 1 aliphatic carbocycles. The molecule has 3 heterocycles. The van der Waals surface area contributed by atoms with Crippen molar-refractivity contribution in [2.45, 2.75) is 50.7 Å². The summed E-state index contributed by atoms with van der Waals surface area (Å²) in [6.45, 7) is 0.909. The molecule has 1 saturated carbocycles. The van der Waals surface area contributed by atoms with Gasteiger partial charge in [0, 0.05) is 25.3 Å². The summed E-state index contributed by atoms with van der Waals surface area (Å²) in [5, 5.41) is 0. The van der Waals surface area contributed by atoms with Gasteiger partial charge in [-0.3, -0.25) is 0 Å². The molecular weight excluding hydrogens is 238 g/mol. The third-order valence-corrected chi connectivity index (χ3v) is 4.40. The molecule has 0 N–H and O–H groups in total. The monoisotopic (exact) mass is 257 g/mol. The average Bonchev–Trinajstić information content (AvgIpc) is 2.97. The second-order valence-corrected chi connectivity index (χ2v) is 5.67. The van der Waals surface area contributed by atoms with Crippen molar-refractivity contribution in [2.75, 3.05) is 6.61 Å². The van der Waals surface area contributed by atoms with Crippen LogP contribution in [0.4, 0.5) is 0 Å². The fraction of sp³-hybridized carbons (Fsp3) is 0.600. The largest absolute Gasteiger partial charge is 0.378 e. The Balaban J connectivity index is 1.74. The molecule has 0 spiro atoms. The van der Waals surface area contributed by atoms with Gasteiger partial charge in [0.25, 0.3) is 0 Å². The fourth-order valence-corrected chi connectivity index (χ4v) is 3.16. The van der Waals surface area contributed by atoms with Gasteiger partial charge in [0.15, 0.2) is 5.65 Å². The first kappa shape index (κ1) is 11.4. The minimum atomic E-state index is 0.357. The molecule has 100 valence electrons. The molecule has 1 saturated heterocycles. The van der Waals surface area contributed by atoms with Crippen LogP contribution in [0.2, 0.25) is 0 Å². The molecule has 4 rings (SSSR count). The predicted molar refractivity (Wildman–Crippen MR) is 73.1 cm³/mol. The number of imidazole rings is 1. The average molecular weight is 257 g/mol. The Morgan fingerprint density at radius 1 is 1.26 bits per heavy atom. The van der Waals surface area contributed by atoms with E-state index in [1.165, 1.54) is 37.9 Å². The van der Waals surface area contributed by atoms with Gasteiger partial charge in [-0.25, -0.2) is 9.97 Å². The number of rotatable bonds is 3. The van der Waals surface area contributed by atoms with E-state index in [2.05, 4.69) is 15.6 Å². The molecule has 4 heteroatoms. The fourth-order valence-electron chi connectivity index (χ4n) is 3.16. The smallest absolute Gasteiger partial charge is 0.160 e. The first-order chi connectivity index (χ1) is 9.42. The van der Waals surface area contributed by atoms with E-state index < -0.39 is 0 Å². The minimum Gasteiger partial charge on any atom is -0.378 e. The van der Waals surface area contributed by atoms with Crippen molar-refractivity contribution < 1.29 is 4.74 Å². The molecule has 1 unspecified atom stereocenters. The van der Waals surface area contributed by atoms with E-state index in [-0.39, 0.29) is 0 Å². The Hall–Kier alpha value is -1.42. The zero-order valence-electron chi connectivity index (χ0n) is 11.1. The van der Waals surface area contributed by atoms with Crippen LogP contribution in [0, 0.1) is 0 Å². The van der Waals surface area contributed by atoms with Crippen molar-refractivity contribution in [1.29, 1.82) is 0 Å². The van der Waals surface area contributed by atoms with Crippen molar-refractivity contribution in [3.8, 4) is 0 Å². The van der Waals surface area contributed by atoms with Crippen LogP contribution >= 0.6 is 0 Å². The van der Waals surface area contributed by atoms with Crippen molar-refractivity contribution in [2.24, 2.45) is 0 Å². The molecule has 2 aromatic rings. The Bertz CT molecular complexity index is 582. The summed E-state index contributed by atoms with van der Waals surface area (Å²) >= 11 is 0. The zero-order chi connectivity index (χ0) is 12.7. The number of nitrogens with zero attached hydrogens (tertiary/aromatic N) is 3. The highest BCUT2D eigenvalue weighted by atomic mass is 16.5. The van der Waals surface area contributed by atoms with E-state index in [1.807, 2.05) is 12.3 Å². The molecule has 0 radical (unpaired) electrons. The molecule has 0 bridgehead atoms. The molecule has 2 aliphatic rings. The lowest BCUT2D eigenvalue weighted by atomic mass is 9.92. The van der Waals surface area contributed by atoms with E-state index >= 15 is 0 Å². The van der Waals surface area contributed by atoms with Gasteiger partial charge in [0.2, 0.25) is 0 Å². The minimum absolute atomic E-state index is 0.357. The molecule has 2 aromatic heterocycles. The Morgan fingerprint density at radius 2 is 2.21 bits per heavy atom. The zero-order valence-corrected chi connectivity index (χ0v) is 11.1. The van der Waals surface area contributed by atoms with Gasteiger partial charge < -0.3 is 9.30 Å². The summed E-state index contributed by atoms with van der Waals surface area (Å²) in [6, 6.07) is 4.64. The van der Waals surface area contributed by atoms with Crippen LogP contribution < -0.4 is 0 Å². The van der Waals surface area contributed by atoms with Crippen LogP contribution in [-0.2, 0) is 11.2 Å². The lowest BCUT2D eigenvalue weighted by Crippen LogP contribution is -2.22. The first-order valence-electron chi connectivity index (χ1n) is 7.35. The van der Waals surface area contributed by atoms with Crippen molar-refractivity contribution in [3.63, 3.8) is 0 Å². The highest BCUT2D eigenvalue weighted by Crippen LogP contribution is 2.35. The van der Waals surface area contributed by atoms with Crippen LogP contribution in [0.5, 0.6) is 0 Å². The quantitative estimate of drug-likeness (QED) is 0.848. The van der Waals surface area contributed by atoms with Crippen LogP contribution in [0.1, 0.15) is 44.0 Å². The number of hydrogen-bond acceptors (Lipinski definition) is 3. The molecular formula is C15H19N3O. The number of pyridine rings is 1.